The molecule has 0 aliphatic carbocycles. The number of sulfonamides is 1. The third kappa shape index (κ3) is 5.95. The number of hydrazine groups is 1. The van der Waals surface area contributed by atoms with Gasteiger partial charge in [-0.25, -0.2) is 8.42 Å². The van der Waals surface area contributed by atoms with Crippen molar-refractivity contribution in [2.24, 2.45) is 0 Å². The fourth-order valence-corrected chi connectivity index (χ4v) is 6.05. The van der Waals surface area contributed by atoms with Gasteiger partial charge in [0.2, 0.25) is 15.9 Å². The Kier molecular flexibility index (Phi) is 7.84. The minimum Gasteiger partial charge on any atom is -0.362 e. The van der Waals surface area contributed by atoms with Gasteiger partial charge in [-0.1, -0.05) is 36.8 Å². The minimum atomic E-state index is -3.46. The summed E-state index contributed by atoms with van der Waals surface area (Å²) >= 11 is 0. The molecule has 0 saturated carbocycles. The molecule has 2 aliphatic heterocycles. The summed E-state index contributed by atoms with van der Waals surface area (Å²) in [5.74, 6) is -0.560. The number of fused-ring (bicyclic) bond motifs is 1. The molecule has 0 unspecified atom stereocenters. The minimum absolute atomic E-state index is 0.185. The van der Waals surface area contributed by atoms with E-state index in [4.69, 9.17) is 0 Å². The SMILES string of the molecule is O=C(CCc1ccc(S(=O)(=O)N2CCCCC2)cc1)NNC(=O)CN1CCCc2ccccc21. The first-order valence-corrected chi connectivity index (χ1v) is 13.4. The highest BCUT2D eigenvalue weighted by molar-refractivity contribution is 7.89. The molecule has 34 heavy (non-hydrogen) atoms. The highest BCUT2D eigenvalue weighted by atomic mass is 32.2. The highest BCUT2D eigenvalue weighted by Gasteiger charge is 2.25. The molecule has 0 bridgehead atoms. The second-order valence-corrected chi connectivity index (χ2v) is 10.8. The van der Waals surface area contributed by atoms with Crippen LogP contribution < -0.4 is 15.8 Å². The van der Waals surface area contributed by atoms with Gasteiger partial charge in [0.25, 0.3) is 5.91 Å². The van der Waals surface area contributed by atoms with Gasteiger partial charge in [-0.2, -0.15) is 4.31 Å². The molecule has 0 aromatic heterocycles. The second-order valence-electron chi connectivity index (χ2n) is 8.86. The van der Waals surface area contributed by atoms with Crippen molar-refractivity contribution >= 4 is 27.5 Å². The van der Waals surface area contributed by atoms with Gasteiger partial charge in [-0.15, -0.1) is 0 Å². The van der Waals surface area contributed by atoms with E-state index in [0.29, 0.717) is 19.5 Å². The first-order chi connectivity index (χ1) is 16.4. The van der Waals surface area contributed by atoms with E-state index in [1.54, 1.807) is 28.6 Å². The summed E-state index contributed by atoms with van der Waals surface area (Å²) in [5, 5.41) is 0. The summed E-state index contributed by atoms with van der Waals surface area (Å²) in [6.45, 7) is 2.13. The molecule has 2 heterocycles. The van der Waals surface area contributed by atoms with Gasteiger partial charge in [0.15, 0.2) is 0 Å². The predicted molar refractivity (Wildman–Crippen MR) is 131 cm³/mol. The van der Waals surface area contributed by atoms with E-state index in [-0.39, 0.29) is 29.7 Å². The van der Waals surface area contributed by atoms with Crippen LogP contribution in [0.5, 0.6) is 0 Å². The van der Waals surface area contributed by atoms with Gasteiger partial charge >= 0.3 is 0 Å². The Morgan fingerprint density at radius 3 is 2.29 bits per heavy atom. The fraction of sp³-hybridized carbons (Fsp3) is 0.440. The van der Waals surface area contributed by atoms with Gasteiger partial charge < -0.3 is 4.90 Å². The fourth-order valence-electron chi connectivity index (χ4n) is 4.53. The Hall–Kier alpha value is -2.91. The molecular weight excluding hydrogens is 452 g/mol. The lowest BCUT2D eigenvalue weighted by molar-refractivity contribution is -0.128. The van der Waals surface area contributed by atoms with Crippen LogP contribution in [0.2, 0.25) is 0 Å². The van der Waals surface area contributed by atoms with Crippen molar-refractivity contribution in [3.05, 3.63) is 59.7 Å². The Balaban J connectivity index is 1.22. The number of nitrogens with zero attached hydrogens (tertiary/aromatic N) is 2. The van der Waals surface area contributed by atoms with E-state index in [1.165, 1.54) is 5.56 Å². The van der Waals surface area contributed by atoms with Crippen LogP contribution in [0, 0.1) is 0 Å². The van der Waals surface area contributed by atoms with Crippen molar-refractivity contribution in [2.75, 3.05) is 31.1 Å². The Morgan fingerprint density at radius 2 is 1.53 bits per heavy atom. The number of aryl methyl sites for hydroxylation is 2. The molecular formula is C25H32N4O4S. The van der Waals surface area contributed by atoms with Crippen LogP contribution in [-0.4, -0.2) is 50.7 Å². The van der Waals surface area contributed by atoms with Gasteiger partial charge in [-0.05, 0) is 61.4 Å². The van der Waals surface area contributed by atoms with Crippen LogP contribution in [0.3, 0.4) is 0 Å². The maximum atomic E-state index is 12.7. The second kappa shape index (κ2) is 11.0. The molecule has 8 nitrogen and oxygen atoms in total. The molecule has 182 valence electrons. The number of piperidine rings is 1. The molecule has 4 rings (SSSR count). The number of hydrogen-bond donors (Lipinski definition) is 2. The normalized spacial score (nSPS) is 16.5. The molecule has 9 heteroatoms. The predicted octanol–water partition coefficient (Wildman–Crippen LogP) is 2.39. The number of nitrogens with one attached hydrogen (secondary N) is 2. The maximum absolute atomic E-state index is 12.7. The van der Waals surface area contributed by atoms with Crippen LogP contribution in [0.1, 0.15) is 43.2 Å². The summed E-state index contributed by atoms with van der Waals surface area (Å²) in [7, 11) is -3.46. The van der Waals surface area contributed by atoms with Crippen molar-refractivity contribution in [1.82, 2.24) is 15.2 Å². The molecule has 0 spiro atoms. The number of carbonyl (C=O) groups is 2. The molecule has 0 radical (unpaired) electrons. The van der Waals surface area contributed by atoms with E-state index in [2.05, 4.69) is 16.9 Å². The lowest BCUT2D eigenvalue weighted by atomic mass is 10.0. The van der Waals surface area contributed by atoms with Crippen LogP contribution in [0.4, 0.5) is 5.69 Å². The standard InChI is InChI=1S/C25H32N4O4S/c30-24(26-27-25(31)19-28-16-6-8-21-7-2-3-9-23(21)28)15-12-20-10-13-22(14-11-20)34(32,33)29-17-4-1-5-18-29/h2-3,7,9-11,13-14H,1,4-6,8,12,15-19H2,(H,26,30)(H,27,31). The molecule has 2 aliphatic rings. The summed E-state index contributed by atoms with van der Waals surface area (Å²) < 4.78 is 27.0. The van der Waals surface area contributed by atoms with E-state index in [0.717, 1.165) is 49.9 Å². The number of carbonyl (C=O) groups excluding carboxylic acids is 2. The highest BCUT2D eigenvalue weighted by Crippen LogP contribution is 2.26. The molecule has 2 aromatic rings. The Labute approximate surface area is 201 Å². The zero-order valence-corrected chi connectivity index (χ0v) is 20.1. The smallest absolute Gasteiger partial charge is 0.257 e. The van der Waals surface area contributed by atoms with Gasteiger partial charge in [0, 0.05) is 31.7 Å². The lowest BCUT2D eigenvalue weighted by Gasteiger charge is -2.30. The molecule has 2 amide bonds. The van der Waals surface area contributed by atoms with Crippen molar-refractivity contribution in [1.29, 1.82) is 0 Å². The average molecular weight is 485 g/mol. The third-order valence-electron chi connectivity index (χ3n) is 6.40. The van der Waals surface area contributed by atoms with Gasteiger partial charge in [0.1, 0.15) is 0 Å². The summed E-state index contributed by atoms with van der Waals surface area (Å²) in [6.07, 6.45) is 5.50. The number of benzene rings is 2. The topological polar surface area (TPSA) is 98.8 Å². The van der Waals surface area contributed by atoms with E-state index >= 15 is 0 Å². The van der Waals surface area contributed by atoms with Crippen LogP contribution in [0.15, 0.2) is 53.4 Å². The monoisotopic (exact) mass is 484 g/mol. The third-order valence-corrected chi connectivity index (χ3v) is 8.31. The van der Waals surface area contributed by atoms with Crippen molar-refractivity contribution in [2.45, 2.75) is 49.8 Å². The molecule has 0 atom stereocenters. The van der Waals surface area contributed by atoms with E-state index in [9.17, 15) is 18.0 Å². The Morgan fingerprint density at radius 1 is 0.824 bits per heavy atom. The van der Waals surface area contributed by atoms with E-state index < -0.39 is 10.0 Å². The van der Waals surface area contributed by atoms with Crippen LogP contribution in [-0.2, 0) is 32.5 Å². The molecule has 1 fully saturated rings. The first kappa shape index (κ1) is 24.2. The zero-order chi connectivity index (χ0) is 24.0. The van der Waals surface area contributed by atoms with Crippen LogP contribution in [0.25, 0.3) is 0 Å². The van der Waals surface area contributed by atoms with Gasteiger partial charge in [0.05, 0.1) is 11.4 Å². The number of hydrogen-bond acceptors (Lipinski definition) is 5. The van der Waals surface area contributed by atoms with E-state index in [1.807, 2.05) is 23.1 Å². The zero-order valence-electron chi connectivity index (χ0n) is 19.3. The van der Waals surface area contributed by atoms with Crippen LogP contribution >= 0.6 is 0 Å². The molecule has 2 N–H and O–H groups in total. The lowest BCUT2D eigenvalue weighted by Crippen LogP contribution is -2.47. The number of rotatable bonds is 7. The summed E-state index contributed by atoms with van der Waals surface area (Å²) in [5.41, 5.74) is 8.15. The Bertz CT molecular complexity index is 1110. The average Bonchev–Trinajstić information content (AvgIpc) is 2.87. The number of amides is 2. The number of anilines is 1. The summed E-state index contributed by atoms with van der Waals surface area (Å²) in [4.78, 5) is 26.8. The van der Waals surface area contributed by atoms with Gasteiger partial charge in [-0.3, -0.25) is 20.4 Å². The summed E-state index contributed by atoms with van der Waals surface area (Å²) in [6, 6.07) is 14.8. The quantitative estimate of drug-likeness (QED) is 0.588. The largest absolute Gasteiger partial charge is 0.362 e. The van der Waals surface area contributed by atoms with Crippen molar-refractivity contribution in [3.63, 3.8) is 0 Å². The van der Waals surface area contributed by atoms with Crippen molar-refractivity contribution < 1.29 is 18.0 Å². The molecule has 1 saturated heterocycles. The molecule has 2 aromatic carbocycles. The first-order valence-electron chi connectivity index (χ1n) is 11.9. The van der Waals surface area contributed by atoms with Crippen molar-refractivity contribution in [3.8, 4) is 0 Å². The number of para-hydroxylation sites is 1. The maximum Gasteiger partial charge on any atom is 0.257 e.